The van der Waals surface area contributed by atoms with E-state index in [1.54, 1.807) is 22.9 Å². The van der Waals surface area contributed by atoms with Crippen molar-refractivity contribution < 1.29 is 14.4 Å². The average Bonchev–Trinajstić information content (AvgIpc) is 3.62. The minimum Gasteiger partial charge on any atom is -0.345 e. The van der Waals surface area contributed by atoms with E-state index < -0.39 is 11.8 Å². The molecule has 0 aliphatic carbocycles. The third kappa shape index (κ3) is 3.98. The van der Waals surface area contributed by atoms with Crippen LogP contribution in [0.4, 0.5) is 4.79 Å². The van der Waals surface area contributed by atoms with E-state index >= 15 is 0 Å². The number of carbonyl (C=O) groups is 3. The number of carbonyl (C=O) groups excluding carboxylic acids is 3. The highest BCUT2D eigenvalue weighted by Gasteiger charge is 2.36. The number of rotatable bonds is 3. The number of nitriles is 1. The molecule has 1 aromatic carbocycles. The summed E-state index contributed by atoms with van der Waals surface area (Å²) >= 11 is 0. The third-order valence-electron chi connectivity index (χ3n) is 8.51. The fraction of sp³-hybridized carbons (Fsp3) is 0.300. The van der Waals surface area contributed by atoms with Crippen LogP contribution in [0.2, 0.25) is 0 Å². The van der Waals surface area contributed by atoms with Crippen LogP contribution in [-0.2, 0) is 22.7 Å². The fourth-order valence-corrected chi connectivity index (χ4v) is 6.40. The number of urea groups is 1. The number of pyridine rings is 1. The van der Waals surface area contributed by atoms with Crippen molar-refractivity contribution in [1.29, 1.82) is 5.26 Å². The Labute approximate surface area is 235 Å². The van der Waals surface area contributed by atoms with Crippen LogP contribution in [0.25, 0.3) is 27.7 Å². The standard InChI is InChI=1S/C30H28N8O3/c31-13-18-4-7-35(8-5-18)30(41)37-10-9-36-17-22(21-12-19(14-32)11-20(16-37)27(21)36)25-26(29(40)34-28(25)39)23-15-33-24-3-1-2-6-38(23)24/h1-3,6,11-12,15,17-18H,4-5,7-10,13,16,31H2,(H,34,39,40). The maximum atomic E-state index is 13.5. The predicted molar refractivity (Wildman–Crippen MR) is 151 cm³/mol. The molecular formula is C30H28N8O3. The molecule has 11 heteroatoms. The fourth-order valence-electron chi connectivity index (χ4n) is 6.40. The number of benzene rings is 1. The number of nitrogens with zero attached hydrogens (tertiary/aromatic N) is 6. The van der Waals surface area contributed by atoms with Crippen LogP contribution >= 0.6 is 0 Å². The maximum absolute atomic E-state index is 13.5. The van der Waals surface area contributed by atoms with Gasteiger partial charge in [0.05, 0.1) is 40.2 Å². The highest BCUT2D eigenvalue weighted by molar-refractivity contribution is 6.49. The molecule has 11 nitrogen and oxygen atoms in total. The van der Waals surface area contributed by atoms with Crippen LogP contribution in [-0.4, -0.2) is 67.8 Å². The minimum absolute atomic E-state index is 0.0136. The van der Waals surface area contributed by atoms with Gasteiger partial charge in [-0.25, -0.2) is 9.78 Å². The van der Waals surface area contributed by atoms with E-state index in [1.165, 1.54) is 0 Å². The molecule has 3 aliphatic rings. The summed E-state index contributed by atoms with van der Waals surface area (Å²) < 4.78 is 3.81. The minimum atomic E-state index is -0.492. The number of fused-ring (bicyclic) bond motifs is 1. The second-order valence-electron chi connectivity index (χ2n) is 10.9. The molecule has 3 aliphatic heterocycles. The highest BCUT2D eigenvalue weighted by atomic mass is 16.2. The lowest BCUT2D eigenvalue weighted by atomic mass is 9.96. The summed E-state index contributed by atoms with van der Waals surface area (Å²) in [4.78, 5) is 48.1. The number of nitrogens with one attached hydrogen (secondary N) is 1. The average molecular weight is 549 g/mol. The number of likely N-dealkylation sites (tertiary alicyclic amines) is 1. The van der Waals surface area contributed by atoms with Crippen molar-refractivity contribution in [2.75, 3.05) is 26.2 Å². The van der Waals surface area contributed by atoms with Crippen LogP contribution in [0.5, 0.6) is 0 Å². The van der Waals surface area contributed by atoms with Gasteiger partial charge in [0.2, 0.25) is 0 Å². The number of amides is 4. The Balaban J connectivity index is 1.33. The number of piperidine rings is 1. The van der Waals surface area contributed by atoms with Gasteiger partial charge in [0.25, 0.3) is 11.8 Å². The SMILES string of the molecule is N#Cc1cc2c3c(c1)c(C1=C(c4cnc5ccccn45)C(=O)NC1=O)cn3CCN(C(=O)N1CCC(CN)CC1)C2. The Kier molecular flexibility index (Phi) is 5.87. The van der Waals surface area contributed by atoms with Gasteiger partial charge in [-0.15, -0.1) is 0 Å². The Morgan fingerprint density at radius 3 is 2.66 bits per heavy atom. The van der Waals surface area contributed by atoms with Crippen molar-refractivity contribution in [2.24, 2.45) is 11.7 Å². The molecule has 0 radical (unpaired) electrons. The molecule has 0 spiro atoms. The van der Waals surface area contributed by atoms with Gasteiger partial charge < -0.3 is 20.1 Å². The van der Waals surface area contributed by atoms with Crippen molar-refractivity contribution in [1.82, 2.24) is 29.1 Å². The summed E-state index contributed by atoms with van der Waals surface area (Å²) in [6, 6.07) is 11.3. The van der Waals surface area contributed by atoms with Gasteiger partial charge in [-0.2, -0.15) is 5.26 Å². The van der Waals surface area contributed by atoms with E-state index in [9.17, 15) is 19.6 Å². The van der Waals surface area contributed by atoms with Gasteiger partial charge in [0.1, 0.15) is 5.65 Å². The highest BCUT2D eigenvalue weighted by Crippen LogP contribution is 2.38. The lowest BCUT2D eigenvalue weighted by Crippen LogP contribution is -2.47. The van der Waals surface area contributed by atoms with E-state index in [1.807, 2.05) is 44.8 Å². The van der Waals surface area contributed by atoms with Crippen molar-refractivity contribution in [3.63, 3.8) is 0 Å². The zero-order valence-corrected chi connectivity index (χ0v) is 22.3. The summed E-state index contributed by atoms with van der Waals surface area (Å²) in [6.07, 6.45) is 7.07. The number of aromatic nitrogens is 3. The normalized spacial score (nSPS) is 17.9. The smallest absolute Gasteiger partial charge is 0.320 e. The summed E-state index contributed by atoms with van der Waals surface area (Å²) in [5, 5.41) is 13.1. The van der Waals surface area contributed by atoms with Gasteiger partial charge in [0.15, 0.2) is 0 Å². The molecule has 7 rings (SSSR count). The van der Waals surface area contributed by atoms with Crippen LogP contribution in [0, 0.1) is 17.2 Å². The second kappa shape index (κ2) is 9.60. The molecule has 1 fully saturated rings. The molecule has 4 amide bonds. The van der Waals surface area contributed by atoms with E-state index in [-0.39, 0.29) is 17.2 Å². The number of imide groups is 1. The van der Waals surface area contributed by atoms with Crippen molar-refractivity contribution >= 4 is 45.5 Å². The van der Waals surface area contributed by atoms with Crippen LogP contribution in [0.1, 0.15) is 35.2 Å². The number of hydrogen-bond acceptors (Lipinski definition) is 6. The maximum Gasteiger partial charge on any atom is 0.320 e. The Bertz CT molecular complexity index is 1830. The molecule has 41 heavy (non-hydrogen) atoms. The lowest BCUT2D eigenvalue weighted by molar-refractivity contribution is -0.122. The molecule has 3 aromatic heterocycles. The van der Waals surface area contributed by atoms with E-state index in [2.05, 4.69) is 16.4 Å². The van der Waals surface area contributed by atoms with Gasteiger partial charge in [-0.3, -0.25) is 19.3 Å². The van der Waals surface area contributed by atoms with Crippen LogP contribution < -0.4 is 11.1 Å². The van der Waals surface area contributed by atoms with Crippen molar-refractivity contribution in [3.8, 4) is 6.07 Å². The molecule has 0 bridgehead atoms. The van der Waals surface area contributed by atoms with E-state index in [0.717, 1.165) is 23.9 Å². The van der Waals surface area contributed by atoms with Crippen molar-refractivity contribution in [2.45, 2.75) is 25.9 Å². The first-order valence-corrected chi connectivity index (χ1v) is 13.8. The third-order valence-corrected chi connectivity index (χ3v) is 8.51. The lowest BCUT2D eigenvalue weighted by Gasteiger charge is -2.35. The first-order chi connectivity index (χ1) is 20.0. The monoisotopic (exact) mass is 548 g/mol. The summed E-state index contributed by atoms with van der Waals surface area (Å²) in [7, 11) is 0. The van der Waals surface area contributed by atoms with E-state index in [0.29, 0.717) is 73.0 Å². The molecule has 4 aromatic rings. The number of nitrogens with two attached hydrogens (primary N) is 1. The molecule has 0 atom stereocenters. The van der Waals surface area contributed by atoms with Crippen LogP contribution in [0.15, 0.2) is 48.9 Å². The topological polar surface area (TPSA) is 142 Å². The first kappa shape index (κ1) is 25.0. The molecule has 6 heterocycles. The molecular weight excluding hydrogens is 520 g/mol. The molecule has 206 valence electrons. The van der Waals surface area contributed by atoms with Crippen molar-refractivity contribution in [3.05, 3.63) is 71.3 Å². The molecule has 0 unspecified atom stereocenters. The Hall–Kier alpha value is -4.95. The number of imidazole rings is 1. The predicted octanol–water partition coefficient (Wildman–Crippen LogP) is 2.33. The van der Waals surface area contributed by atoms with Gasteiger partial charge in [-0.1, -0.05) is 6.07 Å². The van der Waals surface area contributed by atoms with Crippen LogP contribution in [0.3, 0.4) is 0 Å². The summed E-state index contributed by atoms with van der Waals surface area (Å²) in [6.45, 7) is 3.33. The molecule has 3 N–H and O–H groups in total. The quantitative estimate of drug-likeness (QED) is 0.377. The van der Waals surface area contributed by atoms with Gasteiger partial charge in [-0.05, 0) is 55.1 Å². The molecule has 0 saturated carbocycles. The number of hydrogen-bond donors (Lipinski definition) is 2. The molecule has 1 saturated heterocycles. The Morgan fingerprint density at radius 2 is 1.88 bits per heavy atom. The second-order valence-corrected chi connectivity index (χ2v) is 10.9. The summed E-state index contributed by atoms with van der Waals surface area (Å²) in [5.41, 5.74) is 10.2. The summed E-state index contributed by atoms with van der Waals surface area (Å²) in [5.74, 6) is -0.530. The Morgan fingerprint density at radius 1 is 1.07 bits per heavy atom. The van der Waals surface area contributed by atoms with E-state index in [4.69, 9.17) is 5.73 Å². The largest absolute Gasteiger partial charge is 0.345 e. The van der Waals surface area contributed by atoms with Gasteiger partial charge >= 0.3 is 6.03 Å². The zero-order valence-electron chi connectivity index (χ0n) is 22.3. The van der Waals surface area contributed by atoms with Gasteiger partial charge in [0, 0.05) is 56.1 Å². The zero-order chi connectivity index (χ0) is 28.2. The first-order valence-electron chi connectivity index (χ1n) is 13.8.